The van der Waals surface area contributed by atoms with Gasteiger partial charge in [0.1, 0.15) is 5.82 Å². The van der Waals surface area contributed by atoms with Crippen LogP contribution in [0.1, 0.15) is 25.6 Å². The van der Waals surface area contributed by atoms with Gasteiger partial charge in [-0.2, -0.15) is 5.10 Å². The Labute approximate surface area is 167 Å². The van der Waals surface area contributed by atoms with E-state index in [1.54, 1.807) is 16.7 Å². The van der Waals surface area contributed by atoms with Crippen LogP contribution in [0.3, 0.4) is 0 Å². The maximum Gasteiger partial charge on any atom is 0.227 e. The number of para-hydroxylation sites is 1. The Hall–Kier alpha value is -2.13. The Bertz CT molecular complexity index is 877. The van der Waals surface area contributed by atoms with Gasteiger partial charge in [0, 0.05) is 49.5 Å². The van der Waals surface area contributed by atoms with Gasteiger partial charge in [0.25, 0.3) is 0 Å². The molecule has 0 unspecified atom stereocenters. The molecular formula is C18H23N5O2S2. The van der Waals surface area contributed by atoms with E-state index in [1.807, 2.05) is 35.8 Å². The number of fused-ring (bicyclic) bond motifs is 1. The lowest BCUT2D eigenvalue weighted by molar-refractivity contribution is -0.125. The van der Waals surface area contributed by atoms with Gasteiger partial charge in [0.05, 0.1) is 5.69 Å². The second-order valence-corrected chi connectivity index (χ2v) is 7.67. The smallest absolute Gasteiger partial charge is 0.227 e. The summed E-state index contributed by atoms with van der Waals surface area (Å²) >= 11 is 6.91. The number of H-pyrrole nitrogens is 1. The van der Waals surface area contributed by atoms with Crippen molar-refractivity contribution in [2.24, 2.45) is 0 Å². The first-order valence-corrected chi connectivity index (χ1v) is 10.4. The van der Waals surface area contributed by atoms with Crippen molar-refractivity contribution in [3.63, 3.8) is 0 Å². The molecule has 144 valence electrons. The highest BCUT2D eigenvalue weighted by Crippen LogP contribution is 2.34. The molecule has 0 fully saturated rings. The summed E-state index contributed by atoms with van der Waals surface area (Å²) in [5.74, 6) is 1.56. The van der Waals surface area contributed by atoms with E-state index in [4.69, 9.17) is 12.2 Å². The Balaban J connectivity index is 1.45. The normalized spacial score (nSPS) is 13.3. The van der Waals surface area contributed by atoms with Crippen molar-refractivity contribution in [3.05, 3.63) is 34.9 Å². The van der Waals surface area contributed by atoms with Gasteiger partial charge in [-0.25, -0.2) is 0 Å². The van der Waals surface area contributed by atoms with Crippen LogP contribution in [0.2, 0.25) is 0 Å². The minimum atomic E-state index is -0.125. The molecule has 1 aliphatic rings. The molecule has 0 bridgehead atoms. The van der Waals surface area contributed by atoms with E-state index >= 15 is 0 Å². The van der Waals surface area contributed by atoms with Crippen LogP contribution in [0, 0.1) is 4.77 Å². The average molecular weight is 406 g/mol. The maximum absolute atomic E-state index is 12.6. The van der Waals surface area contributed by atoms with Crippen molar-refractivity contribution in [1.82, 2.24) is 20.1 Å². The fraction of sp³-hybridized carbons (Fsp3) is 0.444. The lowest BCUT2D eigenvalue weighted by Gasteiger charge is -2.29. The van der Waals surface area contributed by atoms with Crippen LogP contribution >= 0.6 is 24.0 Å². The van der Waals surface area contributed by atoms with Gasteiger partial charge in [0.2, 0.25) is 11.8 Å². The molecule has 9 heteroatoms. The topological polar surface area (TPSA) is 83.0 Å². The first kappa shape index (κ1) is 19.6. The second kappa shape index (κ2) is 9.18. The molecule has 3 rings (SSSR count). The lowest BCUT2D eigenvalue weighted by atomic mass is 10.2. The summed E-state index contributed by atoms with van der Waals surface area (Å²) in [6.45, 7) is 3.89. The SMILES string of the molecule is CCn1c(CCNC(=O)CCC(=O)N2CCSc3ccccc32)n[nH]c1=S. The Morgan fingerprint density at radius 2 is 2.15 bits per heavy atom. The van der Waals surface area contributed by atoms with Crippen LogP contribution < -0.4 is 10.2 Å². The summed E-state index contributed by atoms with van der Waals surface area (Å²) in [7, 11) is 0. The van der Waals surface area contributed by atoms with E-state index < -0.39 is 0 Å². The van der Waals surface area contributed by atoms with Gasteiger partial charge in [-0.15, -0.1) is 11.8 Å². The number of amides is 2. The molecule has 1 aromatic carbocycles. The molecule has 1 aliphatic heterocycles. The quantitative estimate of drug-likeness (QED) is 0.692. The van der Waals surface area contributed by atoms with E-state index in [0.29, 0.717) is 24.3 Å². The zero-order chi connectivity index (χ0) is 19.2. The van der Waals surface area contributed by atoms with E-state index in [0.717, 1.165) is 28.7 Å². The van der Waals surface area contributed by atoms with Crippen molar-refractivity contribution in [1.29, 1.82) is 0 Å². The van der Waals surface area contributed by atoms with Gasteiger partial charge < -0.3 is 14.8 Å². The molecule has 2 amide bonds. The van der Waals surface area contributed by atoms with Crippen LogP contribution in [0.4, 0.5) is 5.69 Å². The fourth-order valence-electron chi connectivity index (χ4n) is 3.05. The third-order valence-corrected chi connectivity index (χ3v) is 5.77. The highest BCUT2D eigenvalue weighted by Gasteiger charge is 2.22. The number of carbonyl (C=O) groups excluding carboxylic acids is 2. The van der Waals surface area contributed by atoms with Gasteiger partial charge in [0.15, 0.2) is 4.77 Å². The first-order chi connectivity index (χ1) is 13.1. The zero-order valence-electron chi connectivity index (χ0n) is 15.2. The summed E-state index contributed by atoms with van der Waals surface area (Å²) in [6.07, 6.45) is 0.987. The van der Waals surface area contributed by atoms with Gasteiger partial charge in [-0.1, -0.05) is 12.1 Å². The molecule has 27 heavy (non-hydrogen) atoms. The highest BCUT2D eigenvalue weighted by molar-refractivity contribution is 7.99. The van der Waals surface area contributed by atoms with Crippen LogP contribution in [0.15, 0.2) is 29.2 Å². The molecular weight excluding hydrogens is 382 g/mol. The number of anilines is 1. The summed E-state index contributed by atoms with van der Waals surface area (Å²) < 4.78 is 2.49. The molecule has 0 aliphatic carbocycles. The molecule has 0 spiro atoms. The molecule has 2 heterocycles. The Kier molecular flexibility index (Phi) is 6.68. The molecule has 2 N–H and O–H groups in total. The number of nitrogens with one attached hydrogen (secondary N) is 2. The summed E-state index contributed by atoms with van der Waals surface area (Å²) in [5, 5.41) is 9.79. The molecule has 7 nitrogen and oxygen atoms in total. The summed E-state index contributed by atoms with van der Waals surface area (Å²) in [5.41, 5.74) is 0.946. The number of benzene rings is 1. The predicted molar refractivity (Wildman–Crippen MR) is 109 cm³/mol. The summed E-state index contributed by atoms with van der Waals surface area (Å²) in [6, 6.07) is 7.89. The van der Waals surface area contributed by atoms with Gasteiger partial charge in [-0.3, -0.25) is 14.7 Å². The number of aromatic nitrogens is 3. The third-order valence-electron chi connectivity index (χ3n) is 4.42. The molecule has 1 aromatic heterocycles. The average Bonchev–Trinajstić information content (AvgIpc) is 3.05. The highest BCUT2D eigenvalue weighted by atomic mass is 32.2. The van der Waals surface area contributed by atoms with Gasteiger partial charge >= 0.3 is 0 Å². The standard InChI is InChI=1S/C18H23N5O2S2/c1-2-22-15(20-21-18(22)26)9-10-19-16(24)7-8-17(25)23-11-12-27-14-6-4-3-5-13(14)23/h3-6H,2,7-12H2,1H3,(H,19,24)(H,21,26). The van der Waals surface area contributed by atoms with E-state index in [-0.39, 0.29) is 24.7 Å². The number of hydrogen-bond donors (Lipinski definition) is 2. The van der Waals surface area contributed by atoms with Crippen molar-refractivity contribution in [3.8, 4) is 0 Å². The van der Waals surface area contributed by atoms with Gasteiger partial charge in [-0.05, 0) is 31.3 Å². The molecule has 0 radical (unpaired) electrons. The monoisotopic (exact) mass is 405 g/mol. The number of hydrogen-bond acceptors (Lipinski definition) is 5. The number of carbonyl (C=O) groups is 2. The number of thioether (sulfide) groups is 1. The Morgan fingerprint density at radius 1 is 1.33 bits per heavy atom. The molecule has 0 saturated heterocycles. The van der Waals surface area contributed by atoms with E-state index in [9.17, 15) is 9.59 Å². The number of nitrogens with zero attached hydrogens (tertiary/aromatic N) is 3. The minimum Gasteiger partial charge on any atom is -0.356 e. The second-order valence-electron chi connectivity index (χ2n) is 6.15. The number of aromatic amines is 1. The lowest BCUT2D eigenvalue weighted by Crippen LogP contribution is -2.36. The van der Waals surface area contributed by atoms with E-state index in [2.05, 4.69) is 15.5 Å². The van der Waals surface area contributed by atoms with Crippen molar-refractivity contribution < 1.29 is 9.59 Å². The molecule has 2 aromatic rings. The van der Waals surface area contributed by atoms with Crippen molar-refractivity contribution in [2.45, 2.75) is 37.6 Å². The predicted octanol–water partition coefficient (Wildman–Crippen LogP) is 2.54. The molecule has 0 atom stereocenters. The molecule has 0 saturated carbocycles. The minimum absolute atomic E-state index is 0.00947. The summed E-state index contributed by atoms with van der Waals surface area (Å²) in [4.78, 5) is 27.5. The van der Waals surface area contributed by atoms with E-state index in [1.165, 1.54) is 0 Å². The maximum atomic E-state index is 12.6. The van der Waals surface area contributed by atoms with Crippen molar-refractivity contribution >= 4 is 41.5 Å². The first-order valence-electron chi connectivity index (χ1n) is 9.03. The van der Waals surface area contributed by atoms with Crippen molar-refractivity contribution in [2.75, 3.05) is 23.7 Å². The van der Waals surface area contributed by atoms with Crippen LogP contribution in [0.5, 0.6) is 0 Å². The fourth-order valence-corrected chi connectivity index (χ4v) is 4.33. The number of rotatable bonds is 7. The zero-order valence-corrected chi connectivity index (χ0v) is 16.9. The third kappa shape index (κ3) is 4.78. The van der Waals surface area contributed by atoms with Crippen LogP contribution in [-0.2, 0) is 22.6 Å². The largest absolute Gasteiger partial charge is 0.356 e. The Morgan fingerprint density at radius 3 is 2.96 bits per heavy atom. The van der Waals surface area contributed by atoms with Crippen LogP contribution in [-0.4, -0.2) is 45.4 Å². The van der Waals surface area contributed by atoms with Crippen LogP contribution in [0.25, 0.3) is 0 Å².